The Bertz CT molecular complexity index is 744. The summed E-state index contributed by atoms with van der Waals surface area (Å²) in [5.41, 5.74) is 7.56. The maximum Gasteiger partial charge on any atom is 0.138 e. The summed E-state index contributed by atoms with van der Waals surface area (Å²) >= 11 is 1.70. The van der Waals surface area contributed by atoms with Crippen molar-refractivity contribution in [2.75, 3.05) is 17.6 Å². The average molecular weight is 288 g/mol. The van der Waals surface area contributed by atoms with E-state index < -0.39 is 0 Å². The molecule has 0 aliphatic carbocycles. The van der Waals surface area contributed by atoms with Crippen LogP contribution >= 0.6 is 11.3 Å². The third kappa shape index (κ3) is 2.32. The van der Waals surface area contributed by atoms with Crippen molar-refractivity contribution in [2.45, 2.75) is 20.4 Å². The van der Waals surface area contributed by atoms with E-state index in [1.807, 2.05) is 10.9 Å². The lowest BCUT2D eigenvalue weighted by molar-refractivity contribution is 0.637. The molecule has 104 valence electrons. The Hall–Kier alpha value is -2.15. The van der Waals surface area contributed by atoms with Crippen molar-refractivity contribution in [3.63, 3.8) is 0 Å². The molecule has 3 heterocycles. The topological polar surface area (TPSA) is 81.7 Å². The van der Waals surface area contributed by atoms with E-state index in [0.29, 0.717) is 5.69 Å². The third-order valence-electron chi connectivity index (χ3n) is 3.25. The fourth-order valence-electron chi connectivity index (χ4n) is 2.11. The van der Waals surface area contributed by atoms with E-state index in [-0.39, 0.29) is 0 Å². The summed E-state index contributed by atoms with van der Waals surface area (Å²) in [5.74, 6) is 0.886. The lowest BCUT2D eigenvalue weighted by Gasteiger charge is -2.07. The monoisotopic (exact) mass is 288 g/mol. The number of nitrogens with one attached hydrogen (secondary N) is 1. The van der Waals surface area contributed by atoms with Crippen molar-refractivity contribution < 1.29 is 0 Å². The molecule has 0 amide bonds. The molecule has 0 saturated carbocycles. The number of hydrogen-bond acceptors (Lipinski definition) is 6. The van der Waals surface area contributed by atoms with Gasteiger partial charge in [-0.2, -0.15) is 5.10 Å². The Morgan fingerprint density at radius 2 is 2.20 bits per heavy atom. The maximum atomic E-state index is 5.64. The van der Waals surface area contributed by atoms with Gasteiger partial charge < -0.3 is 11.1 Å². The van der Waals surface area contributed by atoms with Gasteiger partial charge in [-0.1, -0.05) is 0 Å². The summed E-state index contributed by atoms with van der Waals surface area (Å²) in [5, 5.41) is 8.63. The first-order chi connectivity index (χ1) is 9.65. The van der Waals surface area contributed by atoms with Gasteiger partial charge in [0.15, 0.2) is 0 Å². The lowest BCUT2D eigenvalue weighted by Crippen LogP contribution is -2.12. The zero-order valence-electron chi connectivity index (χ0n) is 11.4. The van der Waals surface area contributed by atoms with E-state index in [1.165, 1.54) is 10.4 Å². The first-order valence-electron chi connectivity index (χ1n) is 6.37. The van der Waals surface area contributed by atoms with Gasteiger partial charge in [0.1, 0.15) is 17.0 Å². The van der Waals surface area contributed by atoms with E-state index in [1.54, 1.807) is 23.9 Å². The van der Waals surface area contributed by atoms with Crippen LogP contribution in [0.25, 0.3) is 10.2 Å². The molecule has 0 bridgehead atoms. The van der Waals surface area contributed by atoms with Crippen LogP contribution < -0.4 is 11.1 Å². The molecule has 3 N–H and O–H groups in total. The third-order valence-corrected chi connectivity index (χ3v) is 4.37. The van der Waals surface area contributed by atoms with Gasteiger partial charge in [0, 0.05) is 17.6 Å². The van der Waals surface area contributed by atoms with Gasteiger partial charge in [0.25, 0.3) is 0 Å². The molecule has 20 heavy (non-hydrogen) atoms. The predicted molar refractivity (Wildman–Crippen MR) is 82.0 cm³/mol. The molecular formula is C13H16N6S. The molecule has 0 aromatic carbocycles. The molecule has 0 atom stereocenters. The summed E-state index contributed by atoms with van der Waals surface area (Å²) in [6, 6.07) is 0. The molecule has 0 aliphatic rings. The SMILES string of the molecule is Cc1sc2ncnc(NCCn3cc(N)cn3)c2c1C. The van der Waals surface area contributed by atoms with Crippen molar-refractivity contribution in [3.05, 3.63) is 29.2 Å². The fourth-order valence-corrected chi connectivity index (χ4v) is 3.10. The van der Waals surface area contributed by atoms with Gasteiger partial charge >= 0.3 is 0 Å². The van der Waals surface area contributed by atoms with E-state index in [9.17, 15) is 0 Å². The van der Waals surface area contributed by atoms with Gasteiger partial charge in [-0.15, -0.1) is 11.3 Å². The summed E-state index contributed by atoms with van der Waals surface area (Å²) in [6.45, 7) is 5.70. The maximum absolute atomic E-state index is 5.64. The zero-order chi connectivity index (χ0) is 14.1. The quantitative estimate of drug-likeness (QED) is 0.769. The minimum Gasteiger partial charge on any atom is -0.396 e. The van der Waals surface area contributed by atoms with E-state index in [2.05, 4.69) is 34.2 Å². The van der Waals surface area contributed by atoms with Crippen LogP contribution in [0.2, 0.25) is 0 Å². The fraction of sp³-hybridized carbons (Fsp3) is 0.308. The number of fused-ring (bicyclic) bond motifs is 1. The number of aromatic nitrogens is 4. The molecule has 6 nitrogen and oxygen atoms in total. The molecule has 3 aromatic rings. The van der Waals surface area contributed by atoms with Crippen LogP contribution in [0.1, 0.15) is 10.4 Å². The van der Waals surface area contributed by atoms with Crippen LogP contribution in [0.15, 0.2) is 18.7 Å². The number of nitrogens with two attached hydrogens (primary N) is 1. The number of hydrogen-bond donors (Lipinski definition) is 2. The summed E-state index contributed by atoms with van der Waals surface area (Å²) in [4.78, 5) is 11.0. The highest BCUT2D eigenvalue weighted by atomic mass is 32.1. The van der Waals surface area contributed by atoms with Crippen LogP contribution in [-0.4, -0.2) is 26.3 Å². The van der Waals surface area contributed by atoms with Crippen molar-refractivity contribution in [3.8, 4) is 0 Å². The second-order valence-electron chi connectivity index (χ2n) is 4.65. The Balaban J connectivity index is 1.77. The zero-order valence-corrected chi connectivity index (χ0v) is 12.2. The number of nitrogen functional groups attached to an aromatic ring is 1. The Morgan fingerprint density at radius 3 is 2.95 bits per heavy atom. The number of anilines is 2. The van der Waals surface area contributed by atoms with Crippen molar-refractivity contribution in [1.29, 1.82) is 0 Å². The molecule has 0 aliphatic heterocycles. The van der Waals surface area contributed by atoms with Gasteiger partial charge in [-0.05, 0) is 19.4 Å². The summed E-state index contributed by atoms with van der Waals surface area (Å²) in [6.07, 6.45) is 5.07. The predicted octanol–water partition coefficient (Wildman–Crippen LogP) is 2.20. The highest BCUT2D eigenvalue weighted by Crippen LogP contribution is 2.32. The van der Waals surface area contributed by atoms with Crippen LogP contribution in [0.3, 0.4) is 0 Å². The minimum atomic E-state index is 0.679. The van der Waals surface area contributed by atoms with Crippen molar-refractivity contribution >= 4 is 33.1 Å². The van der Waals surface area contributed by atoms with Gasteiger partial charge in [0.05, 0.1) is 23.8 Å². The van der Waals surface area contributed by atoms with Crippen molar-refractivity contribution in [2.24, 2.45) is 0 Å². The first-order valence-corrected chi connectivity index (χ1v) is 7.19. The minimum absolute atomic E-state index is 0.679. The molecule has 3 rings (SSSR count). The molecular weight excluding hydrogens is 272 g/mol. The summed E-state index contributed by atoms with van der Waals surface area (Å²) in [7, 11) is 0. The van der Waals surface area contributed by atoms with Crippen LogP contribution in [0, 0.1) is 13.8 Å². The van der Waals surface area contributed by atoms with E-state index in [4.69, 9.17) is 5.73 Å². The highest BCUT2D eigenvalue weighted by molar-refractivity contribution is 7.18. The number of nitrogens with zero attached hydrogens (tertiary/aromatic N) is 4. The molecule has 0 saturated heterocycles. The van der Waals surface area contributed by atoms with Crippen LogP contribution in [-0.2, 0) is 6.54 Å². The molecule has 3 aromatic heterocycles. The highest BCUT2D eigenvalue weighted by Gasteiger charge is 2.11. The second-order valence-corrected chi connectivity index (χ2v) is 5.85. The smallest absolute Gasteiger partial charge is 0.138 e. The lowest BCUT2D eigenvalue weighted by atomic mass is 10.2. The number of aryl methyl sites for hydroxylation is 2. The van der Waals surface area contributed by atoms with Crippen molar-refractivity contribution in [1.82, 2.24) is 19.7 Å². The van der Waals surface area contributed by atoms with Crippen LogP contribution in [0.5, 0.6) is 0 Å². The molecule has 0 unspecified atom stereocenters. The molecule has 0 radical (unpaired) electrons. The normalized spacial score (nSPS) is 11.1. The molecule has 0 fully saturated rings. The first kappa shape index (κ1) is 12.9. The summed E-state index contributed by atoms with van der Waals surface area (Å²) < 4.78 is 1.81. The molecule has 7 heteroatoms. The molecule has 0 spiro atoms. The van der Waals surface area contributed by atoms with Gasteiger partial charge in [-0.3, -0.25) is 4.68 Å². The number of rotatable bonds is 4. The Morgan fingerprint density at radius 1 is 1.35 bits per heavy atom. The Kier molecular flexibility index (Phi) is 3.27. The number of thiophene rings is 1. The Labute approximate surface area is 120 Å². The van der Waals surface area contributed by atoms with E-state index >= 15 is 0 Å². The average Bonchev–Trinajstić information content (AvgIpc) is 2.95. The van der Waals surface area contributed by atoms with E-state index in [0.717, 1.165) is 29.1 Å². The second kappa shape index (κ2) is 5.09. The van der Waals surface area contributed by atoms with Gasteiger partial charge in [0.2, 0.25) is 0 Å². The van der Waals surface area contributed by atoms with Crippen LogP contribution in [0.4, 0.5) is 11.5 Å². The van der Waals surface area contributed by atoms with Gasteiger partial charge in [-0.25, -0.2) is 9.97 Å². The standard InChI is InChI=1S/C13H16N6S/c1-8-9(2)20-13-11(8)12(16-7-17-13)15-3-4-19-6-10(14)5-18-19/h5-7H,3-4,14H2,1-2H3,(H,15,16,17). The largest absolute Gasteiger partial charge is 0.396 e.